The molecule has 0 rings (SSSR count). The van der Waals surface area contributed by atoms with E-state index in [1.54, 1.807) is 0 Å². The number of aliphatic carboxylic acids is 1. The highest BCUT2D eigenvalue weighted by atomic mass is 35.5. The average Bonchev–Trinajstić information content (AvgIpc) is 2.35. The minimum absolute atomic E-state index is 0.605. The minimum atomic E-state index is -0.885. The van der Waals surface area contributed by atoms with Crippen LogP contribution in [0.15, 0.2) is 0 Å². The van der Waals surface area contributed by atoms with Crippen LogP contribution in [0.5, 0.6) is 0 Å². The largest absolute Gasteiger partial charge is 0.480 e. The summed E-state index contributed by atoms with van der Waals surface area (Å²) in [4.78, 5) is 10.5. The lowest BCUT2D eigenvalue weighted by Crippen LogP contribution is -2.12. The van der Waals surface area contributed by atoms with Crippen LogP contribution in [0.4, 0.5) is 0 Å². The highest BCUT2D eigenvalue weighted by Crippen LogP contribution is 2.13. The number of alkyl halides is 1. The fraction of sp³-hybridized carbons (Fsp3) is 0.933. The van der Waals surface area contributed by atoms with E-state index in [0.717, 1.165) is 12.8 Å². The molecule has 2 nitrogen and oxygen atoms in total. The monoisotopic (exact) mass is 276 g/mol. The second-order valence-corrected chi connectivity index (χ2v) is 5.66. The Morgan fingerprint density at radius 1 is 0.889 bits per heavy atom. The summed E-state index contributed by atoms with van der Waals surface area (Å²) in [6, 6.07) is 0. The van der Waals surface area contributed by atoms with E-state index in [4.69, 9.17) is 16.7 Å². The third-order valence-electron chi connectivity index (χ3n) is 3.33. The number of unbranched alkanes of at least 4 members (excludes halogenated alkanes) is 10. The van der Waals surface area contributed by atoms with Gasteiger partial charge in [-0.25, -0.2) is 0 Å². The van der Waals surface area contributed by atoms with Crippen molar-refractivity contribution in [3.05, 3.63) is 0 Å². The van der Waals surface area contributed by atoms with Gasteiger partial charge in [-0.2, -0.15) is 0 Å². The summed E-state index contributed by atoms with van der Waals surface area (Å²) >= 11 is 5.64. The summed E-state index contributed by atoms with van der Waals surface area (Å²) in [6.07, 6.45) is 14.7. The fourth-order valence-corrected chi connectivity index (χ4v) is 2.27. The van der Waals surface area contributed by atoms with Crippen molar-refractivity contribution in [1.29, 1.82) is 0 Å². The maximum absolute atomic E-state index is 10.5. The fourth-order valence-electron chi connectivity index (χ4n) is 2.11. The molecule has 0 amide bonds. The highest BCUT2D eigenvalue weighted by molar-refractivity contribution is 6.29. The quantitative estimate of drug-likeness (QED) is 0.362. The number of hydrogen-bond acceptors (Lipinski definition) is 1. The second-order valence-electron chi connectivity index (χ2n) is 5.13. The molecule has 0 aliphatic heterocycles. The molecule has 0 saturated heterocycles. The predicted octanol–water partition coefficient (Wildman–Crippen LogP) is 5.38. The summed E-state index contributed by atoms with van der Waals surface area (Å²) in [7, 11) is 0. The van der Waals surface area contributed by atoms with Crippen molar-refractivity contribution in [1.82, 2.24) is 0 Å². The summed E-state index contributed by atoms with van der Waals surface area (Å²) in [5.74, 6) is -0.885. The van der Waals surface area contributed by atoms with Crippen molar-refractivity contribution in [3.63, 3.8) is 0 Å². The normalized spacial score (nSPS) is 12.6. The third kappa shape index (κ3) is 12.2. The van der Waals surface area contributed by atoms with Crippen molar-refractivity contribution in [3.8, 4) is 0 Å². The molecule has 0 aromatic rings. The molecule has 0 spiro atoms. The van der Waals surface area contributed by atoms with E-state index in [2.05, 4.69) is 6.92 Å². The SMILES string of the molecule is CCCCCCCCCCCCCC(Cl)C(=O)O. The van der Waals surface area contributed by atoms with E-state index in [1.165, 1.54) is 57.8 Å². The molecule has 0 heterocycles. The Bertz CT molecular complexity index is 195. The Kier molecular flexibility index (Phi) is 13.0. The van der Waals surface area contributed by atoms with E-state index >= 15 is 0 Å². The molecule has 0 saturated carbocycles. The van der Waals surface area contributed by atoms with Crippen LogP contribution in [-0.4, -0.2) is 16.5 Å². The number of carbonyl (C=O) groups is 1. The molecule has 0 fully saturated rings. The van der Waals surface area contributed by atoms with Gasteiger partial charge in [0.2, 0.25) is 0 Å². The molecular formula is C15H29ClO2. The third-order valence-corrected chi connectivity index (χ3v) is 3.73. The zero-order valence-corrected chi connectivity index (χ0v) is 12.6. The number of carboxylic acids is 1. The second kappa shape index (κ2) is 13.2. The first kappa shape index (κ1) is 17.8. The molecule has 0 bridgehead atoms. The number of rotatable bonds is 13. The van der Waals surface area contributed by atoms with Crippen LogP contribution >= 0.6 is 11.6 Å². The van der Waals surface area contributed by atoms with E-state index in [0.29, 0.717) is 6.42 Å². The minimum Gasteiger partial charge on any atom is -0.480 e. The van der Waals surface area contributed by atoms with E-state index in [1.807, 2.05) is 0 Å². The summed E-state index contributed by atoms with van der Waals surface area (Å²) in [5, 5.41) is 7.92. The van der Waals surface area contributed by atoms with E-state index in [-0.39, 0.29) is 0 Å². The summed E-state index contributed by atoms with van der Waals surface area (Å²) in [5.41, 5.74) is 0. The first-order chi connectivity index (χ1) is 8.68. The Hall–Kier alpha value is -0.240. The van der Waals surface area contributed by atoms with Gasteiger partial charge in [-0.05, 0) is 6.42 Å². The van der Waals surface area contributed by atoms with E-state index < -0.39 is 11.3 Å². The number of carboxylic acid groups (broad SMARTS) is 1. The van der Waals surface area contributed by atoms with Crippen LogP contribution in [0.25, 0.3) is 0 Å². The molecule has 3 heteroatoms. The van der Waals surface area contributed by atoms with E-state index in [9.17, 15) is 4.79 Å². The zero-order valence-electron chi connectivity index (χ0n) is 11.8. The van der Waals surface area contributed by atoms with Gasteiger partial charge in [-0.3, -0.25) is 4.79 Å². The first-order valence-electron chi connectivity index (χ1n) is 7.55. The molecule has 0 aliphatic rings. The Balaban J connectivity index is 3.05. The molecular weight excluding hydrogens is 248 g/mol. The molecule has 1 unspecified atom stereocenters. The maximum atomic E-state index is 10.5. The van der Waals surface area contributed by atoms with Crippen LogP contribution in [0.2, 0.25) is 0 Å². The van der Waals surface area contributed by atoms with Crippen LogP contribution in [0, 0.1) is 0 Å². The number of halogens is 1. The van der Waals surface area contributed by atoms with Gasteiger partial charge < -0.3 is 5.11 Å². The van der Waals surface area contributed by atoms with Crippen molar-refractivity contribution in [2.24, 2.45) is 0 Å². The molecule has 18 heavy (non-hydrogen) atoms. The Morgan fingerprint density at radius 2 is 1.28 bits per heavy atom. The molecule has 1 N–H and O–H groups in total. The molecule has 0 aromatic carbocycles. The van der Waals surface area contributed by atoms with Gasteiger partial charge in [0.05, 0.1) is 0 Å². The molecule has 108 valence electrons. The Morgan fingerprint density at radius 3 is 1.67 bits per heavy atom. The van der Waals surface area contributed by atoms with Gasteiger partial charge in [0.1, 0.15) is 5.38 Å². The van der Waals surface area contributed by atoms with Crippen LogP contribution in [-0.2, 0) is 4.79 Å². The van der Waals surface area contributed by atoms with Gasteiger partial charge in [-0.15, -0.1) is 11.6 Å². The molecule has 0 radical (unpaired) electrons. The van der Waals surface area contributed by atoms with Crippen LogP contribution in [0.3, 0.4) is 0 Å². The Labute approximate surface area is 117 Å². The first-order valence-corrected chi connectivity index (χ1v) is 7.99. The van der Waals surface area contributed by atoms with Crippen LogP contribution < -0.4 is 0 Å². The van der Waals surface area contributed by atoms with Gasteiger partial charge in [-0.1, -0.05) is 77.6 Å². The lowest BCUT2D eigenvalue weighted by Gasteiger charge is -2.04. The van der Waals surface area contributed by atoms with Crippen molar-refractivity contribution in [2.45, 2.75) is 89.4 Å². The number of hydrogen-bond donors (Lipinski definition) is 1. The van der Waals surface area contributed by atoms with Crippen molar-refractivity contribution in [2.75, 3.05) is 0 Å². The lowest BCUT2D eigenvalue weighted by atomic mass is 10.0. The lowest BCUT2D eigenvalue weighted by molar-refractivity contribution is -0.136. The zero-order chi connectivity index (χ0) is 13.6. The highest BCUT2D eigenvalue weighted by Gasteiger charge is 2.11. The smallest absolute Gasteiger partial charge is 0.321 e. The van der Waals surface area contributed by atoms with Crippen LogP contribution in [0.1, 0.15) is 84.0 Å². The standard InChI is InChI=1S/C15H29ClO2/c1-2-3-4-5-6-7-8-9-10-11-12-13-14(16)15(17)18/h14H,2-13H2,1H3,(H,17,18). The summed E-state index contributed by atoms with van der Waals surface area (Å²) in [6.45, 7) is 2.25. The molecule has 1 atom stereocenters. The van der Waals surface area contributed by atoms with Gasteiger partial charge in [0, 0.05) is 0 Å². The van der Waals surface area contributed by atoms with Crippen molar-refractivity contribution >= 4 is 17.6 Å². The van der Waals surface area contributed by atoms with Gasteiger partial charge in [0.15, 0.2) is 0 Å². The molecule has 0 aliphatic carbocycles. The topological polar surface area (TPSA) is 37.3 Å². The average molecular weight is 277 g/mol. The van der Waals surface area contributed by atoms with Crippen molar-refractivity contribution < 1.29 is 9.90 Å². The van der Waals surface area contributed by atoms with Gasteiger partial charge in [0.25, 0.3) is 0 Å². The molecule has 0 aromatic heterocycles. The van der Waals surface area contributed by atoms with Gasteiger partial charge >= 0.3 is 5.97 Å². The maximum Gasteiger partial charge on any atom is 0.321 e. The summed E-state index contributed by atoms with van der Waals surface area (Å²) < 4.78 is 0. The predicted molar refractivity (Wildman–Crippen MR) is 78.4 cm³/mol.